The van der Waals surface area contributed by atoms with Gasteiger partial charge in [-0.2, -0.15) is 0 Å². The molecule has 0 fully saturated rings. The maximum absolute atomic E-state index is 4.40. The molecule has 1 aromatic heterocycles. The van der Waals surface area contributed by atoms with E-state index in [9.17, 15) is 0 Å². The lowest BCUT2D eigenvalue weighted by molar-refractivity contribution is 0.544. The zero-order valence-electron chi connectivity index (χ0n) is 8.97. The van der Waals surface area contributed by atoms with Gasteiger partial charge in [0.2, 0.25) is 0 Å². The van der Waals surface area contributed by atoms with Gasteiger partial charge in [-0.25, -0.2) is 9.97 Å². The summed E-state index contributed by atoms with van der Waals surface area (Å²) in [7, 11) is 1.87. The van der Waals surface area contributed by atoms with Gasteiger partial charge in [-0.3, -0.25) is 0 Å². The average molecular weight is 179 g/mol. The second kappa shape index (κ2) is 3.32. The number of hydrogen-bond acceptors (Lipinski definition) is 3. The highest BCUT2D eigenvalue weighted by Crippen LogP contribution is 2.19. The lowest BCUT2D eigenvalue weighted by atomic mass is 9.95. The van der Waals surface area contributed by atoms with Crippen LogP contribution >= 0.6 is 0 Å². The zero-order chi connectivity index (χ0) is 10.1. The molecule has 0 aliphatic heterocycles. The van der Waals surface area contributed by atoms with E-state index in [-0.39, 0.29) is 5.41 Å². The molecule has 0 aliphatic rings. The summed E-state index contributed by atoms with van der Waals surface area (Å²) in [4.78, 5) is 8.80. The van der Waals surface area contributed by atoms with Crippen molar-refractivity contribution in [3.8, 4) is 0 Å². The Labute approximate surface area is 79.6 Å². The number of nitrogens with one attached hydrogen (secondary N) is 1. The molecule has 1 heterocycles. The van der Waals surface area contributed by atoms with Crippen molar-refractivity contribution in [3.63, 3.8) is 0 Å². The van der Waals surface area contributed by atoms with Gasteiger partial charge in [0.1, 0.15) is 11.6 Å². The van der Waals surface area contributed by atoms with Crippen molar-refractivity contribution in [1.29, 1.82) is 0 Å². The second-order valence-corrected chi connectivity index (χ2v) is 4.22. The summed E-state index contributed by atoms with van der Waals surface area (Å²) in [5.74, 6) is 1.77. The summed E-state index contributed by atoms with van der Waals surface area (Å²) in [6.45, 7) is 8.32. The monoisotopic (exact) mass is 179 g/mol. The quantitative estimate of drug-likeness (QED) is 0.717. The number of hydrogen-bond donors (Lipinski definition) is 1. The molecule has 3 nitrogen and oxygen atoms in total. The predicted molar refractivity (Wildman–Crippen MR) is 55.0 cm³/mol. The molecule has 0 amide bonds. The summed E-state index contributed by atoms with van der Waals surface area (Å²) >= 11 is 0. The third kappa shape index (κ3) is 2.41. The third-order valence-electron chi connectivity index (χ3n) is 1.78. The van der Waals surface area contributed by atoms with Crippen LogP contribution in [0.15, 0.2) is 6.07 Å². The molecular formula is C10H17N3. The Hall–Kier alpha value is -1.12. The van der Waals surface area contributed by atoms with Crippen LogP contribution in [0.3, 0.4) is 0 Å². The number of aryl methyl sites for hydroxylation is 1. The Kier molecular flexibility index (Phi) is 2.55. The van der Waals surface area contributed by atoms with E-state index in [1.807, 2.05) is 20.0 Å². The van der Waals surface area contributed by atoms with E-state index in [0.717, 1.165) is 17.3 Å². The highest BCUT2D eigenvalue weighted by Gasteiger charge is 2.17. The van der Waals surface area contributed by atoms with Crippen molar-refractivity contribution in [2.45, 2.75) is 33.1 Å². The zero-order valence-corrected chi connectivity index (χ0v) is 8.97. The highest BCUT2D eigenvalue weighted by molar-refractivity contribution is 5.35. The average Bonchev–Trinajstić information content (AvgIpc) is 2.01. The molecule has 0 atom stereocenters. The van der Waals surface area contributed by atoms with Crippen LogP contribution in [0, 0.1) is 6.92 Å². The van der Waals surface area contributed by atoms with Gasteiger partial charge in [0.05, 0.1) is 0 Å². The van der Waals surface area contributed by atoms with E-state index < -0.39 is 0 Å². The molecule has 0 saturated carbocycles. The minimum atomic E-state index is 0.0115. The first-order valence-electron chi connectivity index (χ1n) is 4.47. The minimum absolute atomic E-state index is 0.0115. The van der Waals surface area contributed by atoms with Crippen LogP contribution in [0.4, 0.5) is 5.82 Å². The Balaban J connectivity index is 3.16. The van der Waals surface area contributed by atoms with Crippen LogP contribution in [0.25, 0.3) is 0 Å². The molecule has 0 unspecified atom stereocenters. The van der Waals surface area contributed by atoms with Crippen LogP contribution in [0.1, 0.15) is 32.3 Å². The first-order chi connectivity index (χ1) is 5.93. The fourth-order valence-corrected chi connectivity index (χ4v) is 1.03. The van der Waals surface area contributed by atoms with Crippen molar-refractivity contribution in [3.05, 3.63) is 17.6 Å². The Morgan fingerprint density at radius 3 is 2.31 bits per heavy atom. The molecule has 0 spiro atoms. The van der Waals surface area contributed by atoms with Crippen molar-refractivity contribution in [2.24, 2.45) is 0 Å². The van der Waals surface area contributed by atoms with Crippen molar-refractivity contribution < 1.29 is 0 Å². The van der Waals surface area contributed by atoms with Crippen LogP contribution < -0.4 is 5.32 Å². The standard InChI is InChI=1S/C10H17N3/c1-7-6-8(11-5)13-9(12-7)10(2,3)4/h6H,1-5H3,(H,11,12,13). The lowest BCUT2D eigenvalue weighted by Crippen LogP contribution is -2.17. The summed E-state index contributed by atoms with van der Waals surface area (Å²) in [5.41, 5.74) is 1.02. The maximum Gasteiger partial charge on any atom is 0.136 e. The molecule has 0 aliphatic carbocycles. The van der Waals surface area contributed by atoms with Crippen molar-refractivity contribution in [2.75, 3.05) is 12.4 Å². The van der Waals surface area contributed by atoms with E-state index in [0.29, 0.717) is 0 Å². The predicted octanol–water partition coefficient (Wildman–Crippen LogP) is 2.12. The van der Waals surface area contributed by atoms with E-state index in [1.54, 1.807) is 0 Å². The Bertz CT molecular complexity index is 300. The normalized spacial score (nSPS) is 11.5. The van der Waals surface area contributed by atoms with Crippen LogP contribution in [0.5, 0.6) is 0 Å². The van der Waals surface area contributed by atoms with E-state index in [4.69, 9.17) is 0 Å². The van der Waals surface area contributed by atoms with E-state index >= 15 is 0 Å². The molecule has 1 rings (SSSR count). The van der Waals surface area contributed by atoms with Crippen LogP contribution in [0.2, 0.25) is 0 Å². The summed E-state index contributed by atoms with van der Waals surface area (Å²) < 4.78 is 0. The van der Waals surface area contributed by atoms with Gasteiger partial charge in [-0.1, -0.05) is 20.8 Å². The smallest absolute Gasteiger partial charge is 0.136 e. The van der Waals surface area contributed by atoms with E-state index in [2.05, 4.69) is 36.1 Å². The summed E-state index contributed by atoms with van der Waals surface area (Å²) in [6.07, 6.45) is 0. The largest absolute Gasteiger partial charge is 0.373 e. The van der Waals surface area contributed by atoms with Gasteiger partial charge < -0.3 is 5.32 Å². The van der Waals surface area contributed by atoms with Gasteiger partial charge in [-0.05, 0) is 6.92 Å². The fraction of sp³-hybridized carbons (Fsp3) is 0.600. The molecular weight excluding hydrogens is 162 g/mol. The van der Waals surface area contributed by atoms with Gasteiger partial charge in [0.25, 0.3) is 0 Å². The van der Waals surface area contributed by atoms with Crippen molar-refractivity contribution in [1.82, 2.24) is 9.97 Å². The number of nitrogens with zero attached hydrogens (tertiary/aromatic N) is 2. The van der Waals surface area contributed by atoms with Gasteiger partial charge in [0.15, 0.2) is 0 Å². The highest BCUT2D eigenvalue weighted by atomic mass is 15.0. The molecule has 0 saturated heterocycles. The fourth-order valence-electron chi connectivity index (χ4n) is 1.03. The maximum atomic E-state index is 4.40. The summed E-state index contributed by atoms with van der Waals surface area (Å²) in [6, 6.07) is 1.94. The first-order valence-corrected chi connectivity index (χ1v) is 4.47. The van der Waals surface area contributed by atoms with Crippen LogP contribution in [-0.4, -0.2) is 17.0 Å². The molecule has 0 radical (unpaired) electrons. The molecule has 1 aromatic rings. The molecule has 0 aromatic carbocycles. The van der Waals surface area contributed by atoms with Crippen LogP contribution in [-0.2, 0) is 5.41 Å². The number of rotatable bonds is 1. The third-order valence-corrected chi connectivity index (χ3v) is 1.78. The number of aromatic nitrogens is 2. The van der Waals surface area contributed by atoms with Crippen molar-refractivity contribution >= 4 is 5.82 Å². The second-order valence-electron chi connectivity index (χ2n) is 4.22. The first kappa shape index (κ1) is 9.96. The van der Waals surface area contributed by atoms with Gasteiger partial charge in [-0.15, -0.1) is 0 Å². The number of anilines is 1. The van der Waals surface area contributed by atoms with Gasteiger partial charge in [0, 0.05) is 24.2 Å². The molecule has 0 bridgehead atoms. The minimum Gasteiger partial charge on any atom is -0.373 e. The lowest BCUT2D eigenvalue weighted by Gasteiger charge is -2.17. The molecule has 13 heavy (non-hydrogen) atoms. The topological polar surface area (TPSA) is 37.8 Å². The van der Waals surface area contributed by atoms with E-state index in [1.165, 1.54) is 0 Å². The Morgan fingerprint density at radius 1 is 1.23 bits per heavy atom. The van der Waals surface area contributed by atoms with Gasteiger partial charge >= 0.3 is 0 Å². The summed E-state index contributed by atoms with van der Waals surface area (Å²) in [5, 5.41) is 3.03. The SMILES string of the molecule is CNc1cc(C)nc(C(C)(C)C)n1. The molecule has 3 heteroatoms. The molecule has 72 valence electrons. The Morgan fingerprint density at radius 2 is 1.85 bits per heavy atom. The molecule has 1 N–H and O–H groups in total.